The van der Waals surface area contributed by atoms with Gasteiger partial charge in [0.25, 0.3) is 5.91 Å². The second kappa shape index (κ2) is 7.12. The topological polar surface area (TPSA) is 56.1 Å². The predicted octanol–water partition coefficient (Wildman–Crippen LogP) is 3.09. The highest BCUT2D eigenvalue weighted by Gasteiger charge is 2.09. The maximum atomic E-state index is 13.8. The van der Waals surface area contributed by atoms with Crippen molar-refractivity contribution in [2.75, 3.05) is 7.05 Å². The van der Waals surface area contributed by atoms with Crippen LogP contribution in [0.3, 0.4) is 0 Å². The summed E-state index contributed by atoms with van der Waals surface area (Å²) >= 11 is 0. The average Bonchev–Trinajstić information content (AvgIpc) is 3.08. The Hall–Kier alpha value is -3.22. The molecular formula is C18H15F2N3O2. The van der Waals surface area contributed by atoms with E-state index in [0.29, 0.717) is 17.0 Å². The van der Waals surface area contributed by atoms with Crippen molar-refractivity contribution < 1.29 is 18.3 Å². The maximum Gasteiger partial charge on any atom is 0.251 e. The lowest BCUT2D eigenvalue weighted by atomic mass is 10.2. The number of rotatable bonds is 5. The summed E-state index contributed by atoms with van der Waals surface area (Å²) in [5, 5.41) is 6.75. The Labute approximate surface area is 142 Å². The zero-order valence-electron chi connectivity index (χ0n) is 13.4. The summed E-state index contributed by atoms with van der Waals surface area (Å²) in [6.07, 6.45) is 1.57. The number of aromatic nitrogens is 2. The fraction of sp³-hybridized carbons (Fsp3) is 0.111. The lowest BCUT2D eigenvalue weighted by molar-refractivity contribution is 0.0962. The summed E-state index contributed by atoms with van der Waals surface area (Å²) in [5.41, 5.74) is 1.20. The van der Waals surface area contributed by atoms with Gasteiger partial charge in [-0.2, -0.15) is 5.10 Å². The van der Waals surface area contributed by atoms with Gasteiger partial charge in [-0.25, -0.2) is 13.5 Å². The van der Waals surface area contributed by atoms with E-state index in [9.17, 15) is 13.6 Å². The van der Waals surface area contributed by atoms with Crippen LogP contribution in [0.5, 0.6) is 5.75 Å². The number of amides is 1. The van der Waals surface area contributed by atoms with E-state index in [-0.39, 0.29) is 18.2 Å². The predicted molar refractivity (Wildman–Crippen MR) is 87.6 cm³/mol. The molecular weight excluding hydrogens is 328 g/mol. The fourth-order valence-corrected chi connectivity index (χ4v) is 2.27. The minimum atomic E-state index is -0.700. The van der Waals surface area contributed by atoms with E-state index in [2.05, 4.69) is 10.4 Å². The smallest absolute Gasteiger partial charge is 0.251 e. The summed E-state index contributed by atoms with van der Waals surface area (Å²) in [5.74, 6) is -1.04. The molecule has 0 spiro atoms. The summed E-state index contributed by atoms with van der Waals surface area (Å²) in [7, 11) is 1.55. The fourth-order valence-electron chi connectivity index (χ4n) is 2.27. The van der Waals surface area contributed by atoms with Gasteiger partial charge in [-0.1, -0.05) is 6.07 Å². The Morgan fingerprint density at radius 3 is 2.80 bits per heavy atom. The van der Waals surface area contributed by atoms with Gasteiger partial charge < -0.3 is 10.1 Å². The van der Waals surface area contributed by atoms with Gasteiger partial charge in [-0.15, -0.1) is 0 Å². The molecule has 1 aromatic heterocycles. The molecule has 0 radical (unpaired) electrons. The van der Waals surface area contributed by atoms with Crippen LogP contribution < -0.4 is 10.1 Å². The molecule has 0 fully saturated rings. The van der Waals surface area contributed by atoms with Crippen molar-refractivity contribution in [1.82, 2.24) is 15.1 Å². The normalized spacial score (nSPS) is 10.5. The van der Waals surface area contributed by atoms with Crippen molar-refractivity contribution in [2.45, 2.75) is 6.61 Å². The molecule has 5 nitrogen and oxygen atoms in total. The number of halogens is 2. The Morgan fingerprint density at radius 2 is 2.04 bits per heavy atom. The molecule has 0 atom stereocenters. The Kier molecular flexibility index (Phi) is 4.74. The van der Waals surface area contributed by atoms with Crippen LogP contribution in [-0.4, -0.2) is 22.7 Å². The number of benzene rings is 2. The van der Waals surface area contributed by atoms with E-state index in [1.54, 1.807) is 43.6 Å². The Morgan fingerprint density at radius 1 is 1.20 bits per heavy atom. The molecule has 2 aromatic carbocycles. The number of hydrogen-bond donors (Lipinski definition) is 1. The van der Waals surface area contributed by atoms with Crippen molar-refractivity contribution in [2.24, 2.45) is 0 Å². The molecule has 0 saturated heterocycles. The molecule has 1 amide bonds. The Bertz CT molecular complexity index is 909. The van der Waals surface area contributed by atoms with Crippen LogP contribution in [0.2, 0.25) is 0 Å². The van der Waals surface area contributed by atoms with Gasteiger partial charge in [0.2, 0.25) is 0 Å². The van der Waals surface area contributed by atoms with Gasteiger partial charge in [-0.05, 0) is 36.4 Å². The minimum Gasteiger partial charge on any atom is -0.487 e. The van der Waals surface area contributed by atoms with Crippen LogP contribution in [-0.2, 0) is 6.61 Å². The minimum absolute atomic E-state index is 0.146. The first-order valence-corrected chi connectivity index (χ1v) is 7.52. The number of ether oxygens (including phenoxy) is 1. The van der Waals surface area contributed by atoms with Crippen LogP contribution in [0.25, 0.3) is 5.69 Å². The monoisotopic (exact) mass is 343 g/mol. The maximum absolute atomic E-state index is 13.8. The first-order valence-electron chi connectivity index (χ1n) is 7.52. The molecule has 0 unspecified atom stereocenters. The summed E-state index contributed by atoms with van der Waals surface area (Å²) in [4.78, 5) is 11.6. The van der Waals surface area contributed by atoms with Crippen molar-refractivity contribution >= 4 is 5.91 Å². The van der Waals surface area contributed by atoms with Gasteiger partial charge in [0, 0.05) is 24.9 Å². The molecule has 7 heteroatoms. The van der Waals surface area contributed by atoms with E-state index < -0.39 is 11.6 Å². The molecule has 1 heterocycles. The summed E-state index contributed by atoms with van der Waals surface area (Å²) < 4.78 is 33.7. The number of carbonyl (C=O) groups is 1. The second-order valence-corrected chi connectivity index (χ2v) is 5.24. The molecule has 25 heavy (non-hydrogen) atoms. The third-order valence-corrected chi connectivity index (χ3v) is 3.51. The van der Waals surface area contributed by atoms with Gasteiger partial charge in [0.1, 0.15) is 29.6 Å². The van der Waals surface area contributed by atoms with Crippen LogP contribution in [0, 0.1) is 11.6 Å². The van der Waals surface area contributed by atoms with Crippen molar-refractivity contribution in [3.05, 3.63) is 77.6 Å². The number of nitrogens with zero attached hydrogens (tertiary/aromatic N) is 2. The van der Waals surface area contributed by atoms with E-state index >= 15 is 0 Å². The first kappa shape index (κ1) is 16.6. The number of nitrogens with one attached hydrogen (secondary N) is 1. The molecule has 3 rings (SSSR count). The third-order valence-electron chi connectivity index (χ3n) is 3.51. The summed E-state index contributed by atoms with van der Waals surface area (Å²) in [6, 6.07) is 11.7. The van der Waals surface area contributed by atoms with Gasteiger partial charge in [0.15, 0.2) is 5.82 Å². The second-order valence-electron chi connectivity index (χ2n) is 5.24. The molecule has 0 aliphatic carbocycles. The molecule has 0 aliphatic heterocycles. The van der Waals surface area contributed by atoms with Gasteiger partial charge in [0.05, 0.1) is 0 Å². The highest BCUT2D eigenvalue weighted by atomic mass is 19.1. The quantitative estimate of drug-likeness (QED) is 0.774. The molecule has 0 saturated carbocycles. The molecule has 1 N–H and O–H groups in total. The van der Waals surface area contributed by atoms with Gasteiger partial charge in [-0.3, -0.25) is 4.79 Å². The van der Waals surface area contributed by atoms with Crippen LogP contribution in [0.1, 0.15) is 16.1 Å². The van der Waals surface area contributed by atoms with E-state index in [1.807, 2.05) is 0 Å². The Balaban J connectivity index is 1.71. The van der Waals surface area contributed by atoms with Gasteiger partial charge >= 0.3 is 0 Å². The lowest BCUT2D eigenvalue weighted by Crippen LogP contribution is -2.17. The first-order chi connectivity index (χ1) is 12.1. The van der Waals surface area contributed by atoms with E-state index in [1.165, 1.54) is 16.8 Å². The highest BCUT2D eigenvalue weighted by Crippen LogP contribution is 2.17. The van der Waals surface area contributed by atoms with Crippen LogP contribution >= 0.6 is 0 Å². The zero-order chi connectivity index (χ0) is 17.8. The van der Waals surface area contributed by atoms with Crippen LogP contribution in [0.15, 0.2) is 54.7 Å². The largest absolute Gasteiger partial charge is 0.487 e. The summed E-state index contributed by atoms with van der Waals surface area (Å²) in [6.45, 7) is 0.146. The average molecular weight is 343 g/mol. The molecule has 128 valence electrons. The number of carbonyl (C=O) groups excluding carboxylic acids is 1. The van der Waals surface area contributed by atoms with E-state index in [4.69, 9.17) is 4.74 Å². The van der Waals surface area contributed by atoms with Crippen LogP contribution in [0.4, 0.5) is 8.78 Å². The molecule has 0 bridgehead atoms. The molecule has 3 aromatic rings. The van der Waals surface area contributed by atoms with Crippen molar-refractivity contribution in [3.8, 4) is 11.4 Å². The SMILES string of the molecule is CNC(=O)c1cccc(OCc2ccn(-c3ccc(F)cc3F)n2)c1. The standard InChI is InChI=1S/C18H15F2N3O2/c1-21-18(24)12-3-2-4-15(9-12)25-11-14-7-8-23(22-14)17-6-5-13(19)10-16(17)20/h2-10H,11H2,1H3,(H,21,24). The number of hydrogen-bond acceptors (Lipinski definition) is 3. The van der Waals surface area contributed by atoms with Crippen molar-refractivity contribution in [3.63, 3.8) is 0 Å². The zero-order valence-corrected chi connectivity index (χ0v) is 13.4. The third kappa shape index (κ3) is 3.82. The highest BCUT2D eigenvalue weighted by molar-refractivity contribution is 5.94. The van der Waals surface area contributed by atoms with E-state index in [0.717, 1.165) is 6.07 Å². The molecule has 0 aliphatic rings. The lowest BCUT2D eigenvalue weighted by Gasteiger charge is -2.06. The van der Waals surface area contributed by atoms with Crippen molar-refractivity contribution in [1.29, 1.82) is 0 Å².